The SMILES string of the molecule is BrCc1c[nH]nc1-c1ccccc1. The van der Waals surface area contributed by atoms with Crippen LogP contribution in [0.15, 0.2) is 36.5 Å². The van der Waals surface area contributed by atoms with E-state index >= 15 is 0 Å². The predicted octanol–water partition coefficient (Wildman–Crippen LogP) is 2.97. The Hall–Kier alpha value is -1.09. The molecular weight excluding hydrogens is 228 g/mol. The number of aromatic nitrogens is 2. The third-order valence-electron chi connectivity index (χ3n) is 1.91. The van der Waals surface area contributed by atoms with Gasteiger partial charge in [0.15, 0.2) is 0 Å². The molecule has 1 heterocycles. The van der Waals surface area contributed by atoms with Gasteiger partial charge in [-0.1, -0.05) is 46.3 Å². The lowest BCUT2D eigenvalue weighted by Crippen LogP contribution is -1.81. The number of aromatic amines is 1. The smallest absolute Gasteiger partial charge is 0.0961 e. The third kappa shape index (κ3) is 1.65. The largest absolute Gasteiger partial charge is 0.285 e. The van der Waals surface area contributed by atoms with Crippen molar-refractivity contribution in [3.63, 3.8) is 0 Å². The number of halogens is 1. The maximum absolute atomic E-state index is 4.20. The van der Waals surface area contributed by atoms with Crippen molar-refractivity contribution in [1.82, 2.24) is 10.2 Å². The molecule has 0 radical (unpaired) electrons. The first-order chi connectivity index (χ1) is 6.42. The zero-order chi connectivity index (χ0) is 9.10. The highest BCUT2D eigenvalue weighted by molar-refractivity contribution is 9.08. The highest BCUT2D eigenvalue weighted by atomic mass is 79.9. The fourth-order valence-corrected chi connectivity index (χ4v) is 1.69. The van der Waals surface area contributed by atoms with Gasteiger partial charge in [0.25, 0.3) is 0 Å². The van der Waals surface area contributed by atoms with Crippen molar-refractivity contribution >= 4 is 15.9 Å². The number of nitrogens with zero attached hydrogens (tertiary/aromatic N) is 1. The lowest BCUT2D eigenvalue weighted by molar-refractivity contribution is 1.10. The fourth-order valence-electron chi connectivity index (χ4n) is 1.26. The summed E-state index contributed by atoms with van der Waals surface area (Å²) in [4.78, 5) is 0. The molecule has 0 unspecified atom stereocenters. The summed E-state index contributed by atoms with van der Waals surface area (Å²) in [6, 6.07) is 10.2. The van der Waals surface area contributed by atoms with Gasteiger partial charge in [-0.15, -0.1) is 0 Å². The van der Waals surface area contributed by atoms with Crippen LogP contribution in [-0.2, 0) is 5.33 Å². The molecular formula is C10H9BrN2. The second kappa shape index (κ2) is 3.75. The molecule has 0 aliphatic rings. The number of hydrogen-bond donors (Lipinski definition) is 1. The van der Waals surface area contributed by atoms with Crippen molar-refractivity contribution in [3.8, 4) is 11.3 Å². The monoisotopic (exact) mass is 236 g/mol. The van der Waals surface area contributed by atoms with Crippen LogP contribution in [0.1, 0.15) is 5.56 Å². The molecule has 1 aromatic heterocycles. The van der Waals surface area contributed by atoms with Gasteiger partial charge in [-0.05, 0) is 0 Å². The molecule has 0 spiro atoms. The summed E-state index contributed by atoms with van der Waals surface area (Å²) in [5, 5.41) is 7.90. The van der Waals surface area contributed by atoms with Crippen LogP contribution in [0.2, 0.25) is 0 Å². The normalized spacial score (nSPS) is 10.2. The molecule has 0 amide bonds. The Kier molecular flexibility index (Phi) is 2.45. The van der Waals surface area contributed by atoms with E-state index in [0.29, 0.717) is 0 Å². The first-order valence-electron chi connectivity index (χ1n) is 4.06. The van der Waals surface area contributed by atoms with E-state index in [-0.39, 0.29) is 0 Å². The number of benzene rings is 1. The average Bonchev–Trinajstić information content (AvgIpc) is 2.67. The van der Waals surface area contributed by atoms with Gasteiger partial charge < -0.3 is 0 Å². The Bertz CT molecular complexity index is 381. The van der Waals surface area contributed by atoms with Crippen molar-refractivity contribution in [3.05, 3.63) is 42.1 Å². The van der Waals surface area contributed by atoms with Gasteiger partial charge in [-0.2, -0.15) is 5.10 Å². The molecule has 2 nitrogen and oxygen atoms in total. The Morgan fingerprint density at radius 1 is 1.23 bits per heavy atom. The maximum atomic E-state index is 4.20. The second-order valence-electron chi connectivity index (χ2n) is 2.76. The molecule has 0 bridgehead atoms. The predicted molar refractivity (Wildman–Crippen MR) is 56.7 cm³/mol. The molecule has 66 valence electrons. The van der Waals surface area contributed by atoms with Crippen molar-refractivity contribution in [2.24, 2.45) is 0 Å². The Balaban J connectivity index is 2.47. The van der Waals surface area contributed by atoms with Crippen LogP contribution in [-0.4, -0.2) is 10.2 Å². The molecule has 0 aliphatic heterocycles. The van der Waals surface area contributed by atoms with E-state index in [2.05, 4.69) is 38.3 Å². The maximum Gasteiger partial charge on any atom is 0.0961 e. The molecule has 0 fully saturated rings. The van der Waals surface area contributed by atoms with Crippen LogP contribution >= 0.6 is 15.9 Å². The molecule has 2 aromatic rings. The topological polar surface area (TPSA) is 28.7 Å². The summed E-state index contributed by atoms with van der Waals surface area (Å²) in [5.41, 5.74) is 3.36. The van der Waals surface area contributed by atoms with Crippen LogP contribution in [0.3, 0.4) is 0 Å². The van der Waals surface area contributed by atoms with Gasteiger partial charge in [0, 0.05) is 22.7 Å². The first kappa shape index (κ1) is 8.51. The first-order valence-corrected chi connectivity index (χ1v) is 5.18. The standard InChI is InChI=1S/C10H9BrN2/c11-6-9-7-12-13-10(9)8-4-2-1-3-5-8/h1-5,7H,6H2,(H,12,13). The van der Waals surface area contributed by atoms with Gasteiger partial charge in [0.05, 0.1) is 5.69 Å². The molecule has 0 saturated heterocycles. The van der Waals surface area contributed by atoms with Crippen LogP contribution in [0, 0.1) is 0 Å². The van der Waals surface area contributed by atoms with Crippen molar-refractivity contribution in [2.45, 2.75) is 5.33 Å². The third-order valence-corrected chi connectivity index (χ3v) is 2.51. The minimum atomic E-state index is 0.827. The highest BCUT2D eigenvalue weighted by Crippen LogP contribution is 2.21. The lowest BCUT2D eigenvalue weighted by Gasteiger charge is -1.97. The number of hydrogen-bond acceptors (Lipinski definition) is 1. The van der Waals surface area contributed by atoms with Gasteiger partial charge in [-0.25, -0.2) is 0 Å². The summed E-state index contributed by atoms with van der Waals surface area (Å²) in [5.74, 6) is 0. The van der Waals surface area contributed by atoms with Crippen molar-refractivity contribution < 1.29 is 0 Å². The Morgan fingerprint density at radius 2 is 2.00 bits per heavy atom. The van der Waals surface area contributed by atoms with Crippen LogP contribution in [0.5, 0.6) is 0 Å². The number of alkyl halides is 1. The van der Waals surface area contributed by atoms with E-state index in [4.69, 9.17) is 0 Å². The zero-order valence-corrected chi connectivity index (χ0v) is 8.58. The Morgan fingerprint density at radius 3 is 2.69 bits per heavy atom. The highest BCUT2D eigenvalue weighted by Gasteiger charge is 2.05. The van der Waals surface area contributed by atoms with Crippen LogP contribution < -0.4 is 0 Å². The van der Waals surface area contributed by atoms with E-state index in [1.807, 2.05) is 24.4 Å². The molecule has 2 rings (SSSR count). The van der Waals surface area contributed by atoms with Gasteiger partial charge in [-0.3, -0.25) is 5.10 Å². The van der Waals surface area contributed by atoms with E-state index in [9.17, 15) is 0 Å². The molecule has 1 N–H and O–H groups in total. The van der Waals surface area contributed by atoms with E-state index in [1.165, 1.54) is 5.56 Å². The second-order valence-corrected chi connectivity index (χ2v) is 3.32. The molecule has 1 aromatic carbocycles. The van der Waals surface area contributed by atoms with E-state index in [0.717, 1.165) is 16.6 Å². The summed E-state index contributed by atoms with van der Waals surface area (Å²) in [6.45, 7) is 0. The van der Waals surface area contributed by atoms with Crippen molar-refractivity contribution in [2.75, 3.05) is 0 Å². The summed E-state index contributed by atoms with van der Waals surface area (Å²) < 4.78 is 0. The van der Waals surface area contributed by atoms with Crippen LogP contribution in [0.4, 0.5) is 0 Å². The molecule has 0 atom stereocenters. The molecule has 3 heteroatoms. The average molecular weight is 237 g/mol. The lowest BCUT2D eigenvalue weighted by atomic mass is 10.1. The minimum absolute atomic E-state index is 0.827. The fraction of sp³-hybridized carbons (Fsp3) is 0.100. The van der Waals surface area contributed by atoms with Gasteiger partial charge in [0.1, 0.15) is 0 Å². The van der Waals surface area contributed by atoms with E-state index < -0.39 is 0 Å². The number of H-pyrrole nitrogens is 1. The summed E-state index contributed by atoms with van der Waals surface area (Å²) >= 11 is 3.42. The zero-order valence-electron chi connectivity index (χ0n) is 7.00. The van der Waals surface area contributed by atoms with E-state index in [1.54, 1.807) is 0 Å². The molecule has 0 aliphatic carbocycles. The van der Waals surface area contributed by atoms with Crippen molar-refractivity contribution in [1.29, 1.82) is 0 Å². The Labute approximate surface area is 85.1 Å². The number of rotatable bonds is 2. The van der Waals surface area contributed by atoms with Crippen LogP contribution in [0.25, 0.3) is 11.3 Å². The summed E-state index contributed by atoms with van der Waals surface area (Å²) in [7, 11) is 0. The van der Waals surface area contributed by atoms with Gasteiger partial charge in [0.2, 0.25) is 0 Å². The molecule has 0 saturated carbocycles. The minimum Gasteiger partial charge on any atom is -0.285 e. The van der Waals surface area contributed by atoms with Gasteiger partial charge >= 0.3 is 0 Å². The molecule has 13 heavy (non-hydrogen) atoms. The summed E-state index contributed by atoms with van der Waals surface area (Å²) in [6.07, 6.45) is 1.91. The quantitative estimate of drug-likeness (QED) is 0.799. The number of nitrogens with one attached hydrogen (secondary N) is 1.